The molecule has 2 heterocycles. The van der Waals surface area contributed by atoms with Crippen molar-refractivity contribution in [3.8, 4) is 5.69 Å². The number of morpholine rings is 1. The Bertz CT molecular complexity index is 1010. The summed E-state index contributed by atoms with van der Waals surface area (Å²) in [6.45, 7) is 6.57. The van der Waals surface area contributed by atoms with Gasteiger partial charge in [0.15, 0.2) is 0 Å². The van der Waals surface area contributed by atoms with E-state index in [2.05, 4.69) is 27.4 Å². The molecule has 7 heteroatoms. The monoisotopic (exact) mass is 408 g/mol. The Morgan fingerprint density at radius 2 is 1.80 bits per heavy atom. The molecular formula is C23H25FN4O2. The van der Waals surface area contributed by atoms with Crippen molar-refractivity contribution >= 4 is 5.91 Å². The molecule has 1 fully saturated rings. The summed E-state index contributed by atoms with van der Waals surface area (Å²) < 4.78 is 20.9. The Kier molecular flexibility index (Phi) is 6.21. The van der Waals surface area contributed by atoms with Crippen molar-refractivity contribution in [3.63, 3.8) is 0 Å². The fourth-order valence-corrected chi connectivity index (χ4v) is 3.56. The lowest BCUT2D eigenvalue weighted by molar-refractivity contribution is 0.0342. The molecule has 1 amide bonds. The van der Waals surface area contributed by atoms with Crippen LogP contribution in [0.15, 0.2) is 54.7 Å². The van der Waals surface area contributed by atoms with E-state index in [0.29, 0.717) is 23.5 Å². The quantitative estimate of drug-likeness (QED) is 0.681. The summed E-state index contributed by atoms with van der Waals surface area (Å²) in [7, 11) is 0. The Morgan fingerprint density at radius 1 is 1.10 bits per heavy atom. The second-order valence-corrected chi connectivity index (χ2v) is 7.39. The Hall–Kier alpha value is -3.03. The zero-order valence-electron chi connectivity index (χ0n) is 17.0. The summed E-state index contributed by atoms with van der Waals surface area (Å²) in [5.41, 5.74) is 3.62. The largest absolute Gasteiger partial charge is 0.379 e. The van der Waals surface area contributed by atoms with E-state index in [1.165, 1.54) is 22.5 Å². The predicted octanol–water partition coefficient (Wildman–Crippen LogP) is 3.08. The molecule has 2 aromatic carbocycles. The van der Waals surface area contributed by atoms with Gasteiger partial charge in [-0.2, -0.15) is 5.10 Å². The van der Waals surface area contributed by atoms with E-state index < -0.39 is 0 Å². The van der Waals surface area contributed by atoms with E-state index in [9.17, 15) is 9.18 Å². The number of carbonyl (C=O) groups is 1. The molecule has 156 valence electrons. The molecule has 1 aliphatic rings. The molecule has 1 N–H and O–H groups in total. The third-order valence-electron chi connectivity index (χ3n) is 5.32. The normalized spacial score (nSPS) is 14.6. The van der Waals surface area contributed by atoms with Gasteiger partial charge < -0.3 is 10.1 Å². The van der Waals surface area contributed by atoms with Crippen molar-refractivity contribution in [3.05, 3.63) is 82.9 Å². The van der Waals surface area contributed by atoms with Gasteiger partial charge in [0.05, 0.1) is 30.7 Å². The first-order valence-electron chi connectivity index (χ1n) is 10.1. The summed E-state index contributed by atoms with van der Waals surface area (Å²) in [6.07, 6.45) is 1.47. The molecule has 0 unspecified atom stereocenters. The number of aromatic nitrogens is 2. The number of nitrogens with one attached hydrogen (secondary N) is 1. The first kappa shape index (κ1) is 20.3. The van der Waals surface area contributed by atoms with Crippen molar-refractivity contribution in [2.75, 3.05) is 26.3 Å². The van der Waals surface area contributed by atoms with Crippen LogP contribution >= 0.6 is 0 Å². The van der Waals surface area contributed by atoms with Gasteiger partial charge in [0.2, 0.25) is 0 Å². The number of rotatable bonds is 6. The number of nitrogens with zero attached hydrogens (tertiary/aromatic N) is 3. The third-order valence-corrected chi connectivity index (χ3v) is 5.32. The maximum absolute atomic E-state index is 14.0. The van der Waals surface area contributed by atoms with Crippen LogP contribution in [0, 0.1) is 12.7 Å². The number of benzene rings is 2. The Morgan fingerprint density at radius 3 is 2.53 bits per heavy atom. The van der Waals surface area contributed by atoms with E-state index in [-0.39, 0.29) is 11.7 Å². The molecule has 1 saturated heterocycles. The number of ether oxygens (including phenoxy) is 1. The standard InChI is InChI=1S/C23H25FN4O2/c1-17-20(15-26-28(17)22-5-3-2-4-21(22)24)23(29)25-14-18-6-8-19(9-7-18)16-27-10-12-30-13-11-27/h2-9,15H,10-14,16H2,1H3,(H,25,29). The zero-order chi connectivity index (χ0) is 20.9. The van der Waals surface area contributed by atoms with Crippen LogP contribution in [0.1, 0.15) is 27.2 Å². The van der Waals surface area contributed by atoms with E-state index in [1.54, 1.807) is 25.1 Å². The van der Waals surface area contributed by atoms with Gasteiger partial charge in [0, 0.05) is 26.2 Å². The number of hydrogen-bond donors (Lipinski definition) is 1. The maximum Gasteiger partial charge on any atom is 0.255 e. The molecule has 6 nitrogen and oxygen atoms in total. The molecule has 0 aliphatic carbocycles. The fraction of sp³-hybridized carbons (Fsp3) is 0.304. The van der Waals surface area contributed by atoms with Crippen LogP contribution in [0.2, 0.25) is 0 Å². The molecule has 0 bridgehead atoms. The van der Waals surface area contributed by atoms with Crippen molar-refractivity contribution in [1.29, 1.82) is 0 Å². The second kappa shape index (κ2) is 9.19. The van der Waals surface area contributed by atoms with Crippen LogP contribution in [-0.2, 0) is 17.8 Å². The van der Waals surface area contributed by atoms with Gasteiger partial charge in [0.25, 0.3) is 5.91 Å². The summed E-state index contributed by atoms with van der Waals surface area (Å²) in [6, 6.07) is 14.6. The van der Waals surface area contributed by atoms with Gasteiger partial charge in [-0.3, -0.25) is 9.69 Å². The fourth-order valence-electron chi connectivity index (χ4n) is 3.56. The topological polar surface area (TPSA) is 59.4 Å². The molecule has 0 spiro atoms. The highest BCUT2D eigenvalue weighted by molar-refractivity contribution is 5.95. The van der Waals surface area contributed by atoms with Crippen molar-refractivity contribution in [2.24, 2.45) is 0 Å². The number of hydrogen-bond acceptors (Lipinski definition) is 4. The smallest absolute Gasteiger partial charge is 0.255 e. The van der Waals surface area contributed by atoms with Crippen LogP contribution < -0.4 is 5.32 Å². The van der Waals surface area contributed by atoms with Crippen LogP contribution in [0.25, 0.3) is 5.69 Å². The minimum atomic E-state index is -0.382. The van der Waals surface area contributed by atoms with Crippen molar-refractivity contribution < 1.29 is 13.9 Å². The summed E-state index contributed by atoms with van der Waals surface area (Å²) in [5, 5.41) is 7.12. The summed E-state index contributed by atoms with van der Waals surface area (Å²) in [4.78, 5) is 15.0. The van der Waals surface area contributed by atoms with Crippen molar-refractivity contribution in [2.45, 2.75) is 20.0 Å². The number of amides is 1. The average Bonchev–Trinajstić information content (AvgIpc) is 3.15. The van der Waals surface area contributed by atoms with Gasteiger partial charge >= 0.3 is 0 Å². The molecule has 4 rings (SSSR count). The molecular weight excluding hydrogens is 383 g/mol. The second-order valence-electron chi connectivity index (χ2n) is 7.39. The molecule has 30 heavy (non-hydrogen) atoms. The molecule has 0 radical (unpaired) electrons. The average molecular weight is 408 g/mol. The SMILES string of the molecule is Cc1c(C(=O)NCc2ccc(CN3CCOCC3)cc2)cnn1-c1ccccc1F. The summed E-state index contributed by atoms with van der Waals surface area (Å²) >= 11 is 0. The van der Waals surface area contributed by atoms with Gasteiger partial charge in [-0.05, 0) is 30.2 Å². The van der Waals surface area contributed by atoms with Crippen LogP contribution in [0.5, 0.6) is 0 Å². The highest BCUT2D eigenvalue weighted by Gasteiger charge is 2.16. The number of para-hydroxylation sites is 1. The summed E-state index contributed by atoms with van der Waals surface area (Å²) in [5.74, 6) is -0.611. The highest BCUT2D eigenvalue weighted by atomic mass is 19.1. The first-order valence-corrected chi connectivity index (χ1v) is 10.1. The molecule has 0 atom stereocenters. The predicted molar refractivity (Wildman–Crippen MR) is 112 cm³/mol. The van der Waals surface area contributed by atoms with E-state index in [0.717, 1.165) is 38.4 Å². The van der Waals surface area contributed by atoms with Crippen LogP contribution in [0.3, 0.4) is 0 Å². The van der Waals surface area contributed by atoms with Gasteiger partial charge in [-0.15, -0.1) is 0 Å². The van der Waals surface area contributed by atoms with Gasteiger partial charge in [-0.1, -0.05) is 36.4 Å². The van der Waals surface area contributed by atoms with E-state index in [1.807, 2.05) is 12.1 Å². The highest BCUT2D eigenvalue weighted by Crippen LogP contribution is 2.17. The molecule has 1 aromatic heterocycles. The van der Waals surface area contributed by atoms with Crippen LogP contribution in [-0.4, -0.2) is 46.9 Å². The molecule has 1 aliphatic heterocycles. The minimum Gasteiger partial charge on any atom is -0.379 e. The van der Waals surface area contributed by atoms with E-state index >= 15 is 0 Å². The van der Waals surface area contributed by atoms with Gasteiger partial charge in [0.1, 0.15) is 11.5 Å². The number of carbonyl (C=O) groups excluding carboxylic acids is 1. The van der Waals surface area contributed by atoms with Crippen LogP contribution in [0.4, 0.5) is 4.39 Å². The zero-order valence-corrected chi connectivity index (χ0v) is 17.0. The first-order chi connectivity index (χ1) is 14.6. The maximum atomic E-state index is 14.0. The van der Waals surface area contributed by atoms with E-state index in [4.69, 9.17) is 4.74 Å². The lowest BCUT2D eigenvalue weighted by atomic mass is 10.1. The molecule has 0 saturated carbocycles. The van der Waals surface area contributed by atoms with Gasteiger partial charge in [-0.25, -0.2) is 9.07 Å². The Labute approximate surface area is 175 Å². The lowest BCUT2D eigenvalue weighted by Gasteiger charge is -2.26. The van der Waals surface area contributed by atoms with Crippen molar-refractivity contribution in [1.82, 2.24) is 20.0 Å². The molecule has 3 aromatic rings. The lowest BCUT2D eigenvalue weighted by Crippen LogP contribution is -2.35. The Balaban J connectivity index is 1.36. The third kappa shape index (κ3) is 4.58. The minimum absolute atomic E-state index is 0.229. The number of halogens is 1.